The molecule has 2 aromatic rings. The molecule has 0 spiro atoms. The predicted molar refractivity (Wildman–Crippen MR) is 48.9 cm³/mol. The number of benzene rings is 1. The van der Waals surface area contributed by atoms with Crippen molar-refractivity contribution in [1.29, 1.82) is 0 Å². The minimum Gasteiger partial charge on any atom is -0.504 e. The smallest absolute Gasteiger partial charge is 0.161 e. The monoisotopic (exact) mass is 191 g/mol. The van der Waals surface area contributed by atoms with Gasteiger partial charge in [-0.25, -0.2) is 0 Å². The summed E-state index contributed by atoms with van der Waals surface area (Å²) in [5, 5.41) is 12.9. The van der Waals surface area contributed by atoms with Crippen LogP contribution in [0.1, 0.15) is 5.56 Å². The first-order valence-electron chi connectivity index (χ1n) is 4.15. The molecule has 0 bridgehead atoms. The second kappa shape index (κ2) is 3.83. The molecule has 72 valence electrons. The van der Waals surface area contributed by atoms with Gasteiger partial charge in [-0.3, -0.25) is 0 Å². The summed E-state index contributed by atoms with van der Waals surface area (Å²) >= 11 is 0. The number of hydrogen-bond donors (Lipinski definition) is 1. The third-order valence-corrected chi connectivity index (χ3v) is 1.74. The molecule has 0 aliphatic heterocycles. The van der Waals surface area contributed by atoms with E-state index in [2.05, 4.69) is 9.68 Å². The van der Waals surface area contributed by atoms with Crippen LogP contribution in [-0.4, -0.2) is 10.3 Å². The van der Waals surface area contributed by atoms with Crippen molar-refractivity contribution >= 4 is 0 Å². The number of aromatic hydroxyl groups is 1. The molecule has 0 radical (unpaired) electrons. The first-order valence-corrected chi connectivity index (χ1v) is 4.15. The van der Waals surface area contributed by atoms with Crippen molar-refractivity contribution in [1.82, 2.24) is 5.16 Å². The molecular formula is C10H9NO3. The molecule has 0 atom stereocenters. The molecule has 1 aromatic heterocycles. The van der Waals surface area contributed by atoms with Crippen molar-refractivity contribution in [3.8, 4) is 11.5 Å². The van der Waals surface area contributed by atoms with Crippen LogP contribution in [-0.2, 0) is 6.61 Å². The molecule has 0 amide bonds. The van der Waals surface area contributed by atoms with Gasteiger partial charge in [0.2, 0.25) is 0 Å². The highest BCUT2D eigenvalue weighted by atomic mass is 16.5. The van der Waals surface area contributed by atoms with Crippen LogP contribution in [0.15, 0.2) is 41.2 Å². The molecule has 4 heteroatoms. The van der Waals surface area contributed by atoms with E-state index in [-0.39, 0.29) is 5.75 Å². The van der Waals surface area contributed by atoms with Crippen LogP contribution in [0.3, 0.4) is 0 Å². The Morgan fingerprint density at radius 2 is 2.21 bits per heavy atom. The number of para-hydroxylation sites is 2. The Labute approximate surface area is 80.7 Å². The van der Waals surface area contributed by atoms with E-state index in [1.807, 2.05) is 0 Å². The maximum Gasteiger partial charge on any atom is 0.161 e. The van der Waals surface area contributed by atoms with Crippen LogP contribution < -0.4 is 4.74 Å². The standard InChI is InChI=1S/C10H9NO3/c12-9-3-1-2-4-10(9)13-6-8-5-11-14-7-8/h1-5,7,12H,6H2. The number of ether oxygens (including phenoxy) is 1. The van der Waals surface area contributed by atoms with E-state index in [1.54, 1.807) is 30.5 Å². The van der Waals surface area contributed by atoms with Crippen LogP contribution in [0.2, 0.25) is 0 Å². The third kappa shape index (κ3) is 1.85. The summed E-state index contributed by atoms with van der Waals surface area (Å²) in [6.45, 7) is 0.334. The molecule has 0 aliphatic rings. The zero-order valence-electron chi connectivity index (χ0n) is 7.38. The summed E-state index contributed by atoms with van der Waals surface area (Å²) in [7, 11) is 0. The normalized spacial score (nSPS) is 10.0. The van der Waals surface area contributed by atoms with E-state index in [9.17, 15) is 5.11 Å². The van der Waals surface area contributed by atoms with Gasteiger partial charge < -0.3 is 14.4 Å². The summed E-state index contributed by atoms with van der Waals surface area (Å²) in [6.07, 6.45) is 3.07. The number of hydrogen-bond acceptors (Lipinski definition) is 4. The Kier molecular flexibility index (Phi) is 2.36. The largest absolute Gasteiger partial charge is 0.504 e. The third-order valence-electron chi connectivity index (χ3n) is 1.74. The Morgan fingerprint density at radius 3 is 2.93 bits per heavy atom. The maximum absolute atomic E-state index is 9.38. The van der Waals surface area contributed by atoms with Crippen molar-refractivity contribution < 1.29 is 14.4 Å². The minimum absolute atomic E-state index is 0.129. The Hall–Kier alpha value is -1.97. The SMILES string of the molecule is Oc1ccccc1OCc1cnoc1. The molecule has 1 aromatic carbocycles. The fourth-order valence-corrected chi connectivity index (χ4v) is 1.04. The average molecular weight is 191 g/mol. The van der Waals surface area contributed by atoms with E-state index < -0.39 is 0 Å². The molecule has 14 heavy (non-hydrogen) atoms. The molecule has 0 saturated heterocycles. The van der Waals surface area contributed by atoms with Gasteiger partial charge in [0.25, 0.3) is 0 Å². The van der Waals surface area contributed by atoms with Gasteiger partial charge in [-0.1, -0.05) is 17.3 Å². The lowest BCUT2D eigenvalue weighted by Crippen LogP contribution is -1.93. The molecule has 0 unspecified atom stereocenters. The van der Waals surface area contributed by atoms with Crippen LogP contribution >= 0.6 is 0 Å². The van der Waals surface area contributed by atoms with Crippen molar-refractivity contribution in [2.75, 3.05) is 0 Å². The predicted octanol–water partition coefficient (Wildman–Crippen LogP) is 1.96. The van der Waals surface area contributed by atoms with Crippen molar-refractivity contribution in [3.63, 3.8) is 0 Å². The Morgan fingerprint density at radius 1 is 1.36 bits per heavy atom. The van der Waals surface area contributed by atoms with Gasteiger partial charge in [-0.2, -0.15) is 0 Å². The average Bonchev–Trinajstić information content (AvgIpc) is 2.69. The lowest BCUT2D eigenvalue weighted by atomic mass is 10.3. The number of rotatable bonds is 3. The highest BCUT2D eigenvalue weighted by Gasteiger charge is 2.01. The highest BCUT2D eigenvalue weighted by molar-refractivity contribution is 5.37. The highest BCUT2D eigenvalue weighted by Crippen LogP contribution is 2.25. The van der Waals surface area contributed by atoms with Gasteiger partial charge in [0.05, 0.1) is 6.20 Å². The van der Waals surface area contributed by atoms with E-state index in [1.165, 1.54) is 6.26 Å². The first kappa shape index (κ1) is 8.62. The number of aromatic nitrogens is 1. The van der Waals surface area contributed by atoms with Crippen LogP contribution in [0.5, 0.6) is 11.5 Å². The zero-order valence-corrected chi connectivity index (χ0v) is 7.38. The van der Waals surface area contributed by atoms with Crippen LogP contribution in [0, 0.1) is 0 Å². The molecule has 0 fully saturated rings. The van der Waals surface area contributed by atoms with Crippen molar-refractivity contribution in [2.45, 2.75) is 6.61 Å². The van der Waals surface area contributed by atoms with Gasteiger partial charge in [0, 0.05) is 5.56 Å². The van der Waals surface area contributed by atoms with Gasteiger partial charge in [0.1, 0.15) is 12.9 Å². The number of phenolic OH excluding ortho intramolecular Hbond substituents is 1. The molecule has 4 nitrogen and oxygen atoms in total. The Balaban J connectivity index is 2.02. The van der Waals surface area contributed by atoms with Crippen molar-refractivity contribution in [3.05, 3.63) is 42.3 Å². The molecule has 1 N–H and O–H groups in total. The zero-order chi connectivity index (χ0) is 9.80. The Bertz CT molecular complexity index is 398. The second-order valence-corrected chi connectivity index (χ2v) is 2.79. The summed E-state index contributed by atoms with van der Waals surface area (Å²) in [4.78, 5) is 0. The summed E-state index contributed by atoms with van der Waals surface area (Å²) in [5.74, 6) is 0.581. The molecule has 0 aliphatic carbocycles. The lowest BCUT2D eigenvalue weighted by Gasteiger charge is -2.05. The quantitative estimate of drug-likeness (QED) is 0.805. The van der Waals surface area contributed by atoms with Crippen LogP contribution in [0.4, 0.5) is 0 Å². The number of nitrogens with zero attached hydrogens (tertiary/aromatic N) is 1. The molecular weight excluding hydrogens is 182 g/mol. The summed E-state index contributed by atoms with van der Waals surface area (Å²) < 4.78 is 9.97. The molecule has 2 rings (SSSR count). The summed E-state index contributed by atoms with van der Waals surface area (Å²) in [6, 6.07) is 6.80. The molecule has 0 saturated carbocycles. The molecule has 1 heterocycles. The second-order valence-electron chi connectivity index (χ2n) is 2.79. The lowest BCUT2D eigenvalue weighted by molar-refractivity contribution is 0.287. The minimum atomic E-state index is 0.129. The van der Waals surface area contributed by atoms with E-state index >= 15 is 0 Å². The van der Waals surface area contributed by atoms with Gasteiger partial charge in [-0.15, -0.1) is 0 Å². The van der Waals surface area contributed by atoms with E-state index in [0.717, 1.165) is 5.56 Å². The van der Waals surface area contributed by atoms with Gasteiger partial charge in [0.15, 0.2) is 11.5 Å². The van der Waals surface area contributed by atoms with Crippen molar-refractivity contribution in [2.24, 2.45) is 0 Å². The van der Waals surface area contributed by atoms with Crippen LogP contribution in [0.25, 0.3) is 0 Å². The van der Waals surface area contributed by atoms with E-state index in [4.69, 9.17) is 4.74 Å². The van der Waals surface area contributed by atoms with Gasteiger partial charge in [-0.05, 0) is 12.1 Å². The fourth-order valence-electron chi connectivity index (χ4n) is 1.04. The van der Waals surface area contributed by atoms with E-state index in [0.29, 0.717) is 12.4 Å². The maximum atomic E-state index is 9.38. The van der Waals surface area contributed by atoms with Gasteiger partial charge >= 0.3 is 0 Å². The number of phenols is 1. The summed E-state index contributed by atoms with van der Waals surface area (Å²) in [5.41, 5.74) is 0.827. The topological polar surface area (TPSA) is 55.5 Å². The fraction of sp³-hybridized carbons (Fsp3) is 0.100. The first-order chi connectivity index (χ1) is 6.86.